The van der Waals surface area contributed by atoms with E-state index >= 15 is 0 Å². The Kier molecular flexibility index (Phi) is 7.69. The molecule has 0 aromatic heterocycles. The first-order chi connectivity index (χ1) is 15.9. The number of alkyl halides is 5. The Bertz CT molecular complexity index is 1110. The van der Waals surface area contributed by atoms with Crippen molar-refractivity contribution in [3.8, 4) is 5.75 Å². The normalized spacial score (nSPS) is 15.0. The number of hydrogen-bond acceptors (Lipinski definition) is 5. The SMILES string of the molecule is CS(=O)(=O)c1ccc(OC(CF)CF)c(C(=O)N2CCN(c3ccc(C(F)(F)F)cc3)CC2)c1. The van der Waals surface area contributed by atoms with Gasteiger partial charge >= 0.3 is 6.18 Å². The quantitative estimate of drug-likeness (QED) is 0.535. The van der Waals surface area contributed by atoms with Gasteiger partial charge in [0.1, 0.15) is 19.1 Å². The first-order valence-electron chi connectivity index (χ1n) is 10.3. The van der Waals surface area contributed by atoms with Crippen molar-refractivity contribution in [2.45, 2.75) is 17.2 Å². The Labute approximate surface area is 193 Å². The summed E-state index contributed by atoms with van der Waals surface area (Å²) in [6.45, 7) is -1.25. The zero-order valence-electron chi connectivity index (χ0n) is 18.2. The Morgan fingerprint density at radius 1 is 1.00 bits per heavy atom. The molecule has 0 atom stereocenters. The van der Waals surface area contributed by atoms with Crippen LogP contribution in [0.25, 0.3) is 0 Å². The molecule has 0 aliphatic carbocycles. The highest BCUT2D eigenvalue weighted by Gasteiger charge is 2.31. The van der Waals surface area contributed by atoms with Gasteiger partial charge in [-0.2, -0.15) is 13.2 Å². The van der Waals surface area contributed by atoms with Crippen molar-refractivity contribution < 1.29 is 39.9 Å². The smallest absolute Gasteiger partial charge is 0.416 e. The monoisotopic (exact) mass is 506 g/mol. The van der Waals surface area contributed by atoms with E-state index in [4.69, 9.17) is 4.74 Å². The van der Waals surface area contributed by atoms with Gasteiger partial charge in [-0.15, -0.1) is 0 Å². The van der Waals surface area contributed by atoms with Crippen LogP contribution in [0.2, 0.25) is 0 Å². The molecular weight excluding hydrogens is 483 g/mol. The molecule has 0 N–H and O–H groups in total. The van der Waals surface area contributed by atoms with Crippen LogP contribution in [0.15, 0.2) is 47.4 Å². The zero-order chi connectivity index (χ0) is 25.1. The van der Waals surface area contributed by atoms with Crippen molar-refractivity contribution in [1.82, 2.24) is 4.90 Å². The number of halogens is 5. The summed E-state index contributed by atoms with van der Waals surface area (Å²) in [7, 11) is -3.67. The number of anilines is 1. The standard InChI is InChI=1S/C22H23F5N2O4S/c1-34(31,32)18-6-7-20(33-17(13-23)14-24)19(12-18)21(30)29-10-8-28(9-11-29)16-4-2-15(3-5-16)22(25,26)27/h2-7,12,17H,8-11,13-14H2,1H3. The predicted octanol–water partition coefficient (Wildman–Crippen LogP) is 3.76. The summed E-state index contributed by atoms with van der Waals surface area (Å²) in [5.74, 6) is -0.716. The van der Waals surface area contributed by atoms with E-state index < -0.39 is 46.9 Å². The molecule has 1 aliphatic rings. The van der Waals surface area contributed by atoms with E-state index in [1.54, 1.807) is 0 Å². The van der Waals surface area contributed by atoms with Crippen molar-refractivity contribution in [3.63, 3.8) is 0 Å². The number of piperazine rings is 1. The van der Waals surface area contributed by atoms with Gasteiger partial charge in [0.15, 0.2) is 15.9 Å². The molecule has 3 rings (SSSR count). The maximum absolute atomic E-state index is 13.2. The highest BCUT2D eigenvalue weighted by molar-refractivity contribution is 7.90. The topological polar surface area (TPSA) is 66.9 Å². The van der Waals surface area contributed by atoms with E-state index in [1.807, 2.05) is 4.90 Å². The fourth-order valence-electron chi connectivity index (χ4n) is 3.49. The molecule has 186 valence electrons. The average molecular weight is 506 g/mol. The second-order valence-corrected chi connectivity index (χ2v) is 9.82. The first-order valence-corrected chi connectivity index (χ1v) is 12.2. The Hall–Kier alpha value is -2.89. The van der Waals surface area contributed by atoms with Crippen LogP contribution >= 0.6 is 0 Å². The lowest BCUT2D eigenvalue weighted by molar-refractivity contribution is -0.137. The number of benzene rings is 2. The summed E-state index contributed by atoms with van der Waals surface area (Å²) in [6.07, 6.45) is -4.91. The molecule has 0 saturated carbocycles. The maximum atomic E-state index is 13.2. The van der Waals surface area contributed by atoms with Crippen LogP contribution in [-0.4, -0.2) is 71.1 Å². The largest absolute Gasteiger partial charge is 0.484 e. The zero-order valence-corrected chi connectivity index (χ0v) is 19.0. The van der Waals surface area contributed by atoms with Gasteiger partial charge in [-0.3, -0.25) is 4.79 Å². The lowest BCUT2D eigenvalue weighted by atomic mass is 10.1. The summed E-state index contributed by atoms with van der Waals surface area (Å²) in [5.41, 5.74) is -0.335. The minimum Gasteiger partial charge on any atom is -0.484 e. The number of nitrogens with zero attached hydrogens (tertiary/aromatic N) is 2. The van der Waals surface area contributed by atoms with E-state index in [-0.39, 0.29) is 29.3 Å². The first kappa shape index (κ1) is 25.7. The van der Waals surface area contributed by atoms with Crippen LogP contribution in [0, 0.1) is 0 Å². The summed E-state index contributed by atoms with van der Waals surface area (Å²) < 4.78 is 93.4. The van der Waals surface area contributed by atoms with Crippen molar-refractivity contribution in [2.75, 3.05) is 50.7 Å². The van der Waals surface area contributed by atoms with E-state index in [0.717, 1.165) is 24.5 Å². The molecule has 0 unspecified atom stereocenters. The third-order valence-corrected chi connectivity index (χ3v) is 6.48. The van der Waals surface area contributed by atoms with E-state index in [2.05, 4.69) is 0 Å². The number of hydrogen-bond donors (Lipinski definition) is 0. The van der Waals surface area contributed by atoms with E-state index in [0.29, 0.717) is 18.8 Å². The van der Waals surface area contributed by atoms with Crippen LogP contribution in [0.3, 0.4) is 0 Å². The van der Waals surface area contributed by atoms with Gasteiger partial charge in [0, 0.05) is 38.1 Å². The van der Waals surface area contributed by atoms with Crippen LogP contribution in [-0.2, 0) is 16.0 Å². The van der Waals surface area contributed by atoms with Crippen LogP contribution in [0.1, 0.15) is 15.9 Å². The Morgan fingerprint density at radius 2 is 1.59 bits per heavy atom. The number of carbonyl (C=O) groups excluding carboxylic acids is 1. The number of rotatable bonds is 7. The fourth-order valence-corrected chi connectivity index (χ4v) is 4.14. The number of ether oxygens (including phenoxy) is 1. The van der Waals surface area contributed by atoms with Crippen LogP contribution in [0.4, 0.5) is 27.6 Å². The fraction of sp³-hybridized carbons (Fsp3) is 0.409. The molecule has 0 bridgehead atoms. The van der Waals surface area contributed by atoms with Gasteiger partial charge < -0.3 is 14.5 Å². The average Bonchev–Trinajstić information content (AvgIpc) is 2.81. The molecular formula is C22H23F5N2O4S. The van der Waals surface area contributed by atoms with Gasteiger partial charge in [-0.1, -0.05) is 0 Å². The lowest BCUT2D eigenvalue weighted by Crippen LogP contribution is -2.49. The molecule has 12 heteroatoms. The minimum absolute atomic E-state index is 0.136. The third kappa shape index (κ3) is 5.96. The predicted molar refractivity (Wildman–Crippen MR) is 115 cm³/mol. The molecule has 6 nitrogen and oxygen atoms in total. The lowest BCUT2D eigenvalue weighted by Gasteiger charge is -2.36. The molecule has 2 aromatic carbocycles. The molecule has 1 heterocycles. The number of sulfone groups is 1. The van der Waals surface area contributed by atoms with Gasteiger partial charge in [-0.05, 0) is 42.5 Å². The minimum atomic E-state index is -4.44. The summed E-state index contributed by atoms with van der Waals surface area (Å²) in [6, 6.07) is 8.19. The second-order valence-electron chi connectivity index (χ2n) is 7.80. The number of carbonyl (C=O) groups is 1. The Balaban J connectivity index is 1.78. The van der Waals surface area contributed by atoms with Gasteiger partial charge in [0.25, 0.3) is 5.91 Å². The molecule has 1 saturated heterocycles. The molecule has 1 fully saturated rings. The summed E-state index contributed by atoms with van der Waals surface area (Å²) in [4.78, 5) is 16.3. The van der Waals surface area contributed by atoms with E-state index in [9.17, 15) is 35.2 Å². The van der Waals surface area contributed by atoms with E-state index in [1.165, 1.54) is 29.2 Å². The molecule has 0 spiro atoms. The van der Waals surface area contributed by atoms with Crippen LogP contribution < -0.4 is 9.64 Å². The van der Waals surface area contributed by atoms with Gasteiger partial charge in [0.05, 0.1) is 16.0 Å². The summed E-state index contributed by atoms with van der Waals surface area (Å²) in [5, 5.41) is 0. The van der Waals surface area contributed by atoms with Crippen molar-refractivity contribution in [2.24, 2.45) is 0 Å². The van der Waals surface area contributed by atoms with Crippen molar-refractivity contribution >= 4 is 21.4 Å². The van der Waals surface area contributed by atoms with Gasteiger partial charge in [-0.25, -0.2) is 17.2 Å². The third-order valence-electron chi connectivity index (χ3n) is 5.37. The highest BCUT2D eigenvalue weighted by Crippen LogP contribution is 2.31. The molecule has 0 radical (unpaired) electrons. The molecule has 1 amide bonds. The van der Waals surface area contributed by atoms with Crippen LogP contribution in [0.5, 0.6) is 5.75 Å². The van der Waals surface area contributed by atoms with Crippen molar-refractivity contribution in [1.29, 1.82) is 0 Å². The van der Waals surface area contributed by atoms with Crippen molar-refractivity contribution in [3.05, 3.63) is 53.6 Å². The summed E-state index contributed by atoms with van der Waals surface area (Å²) >= 11 is 0. The number of amides is 1. The molecule has 34 heavy (non-hydrogen) atoms. The molecule has 2 aromatic rings. The highest BCUT2D eigenvalue weighted by atomic mass is 32.2. The Morgan fingerprint density at radius 3 is 2.09 bits per heavy atom. The maximum Gasteiger partial charge on any atom is 0.416 e. The second kappa shape index (κ2) is 10.2. The van der Waals surface area contributed by atoms with Gasteiger partial charge in [0.2, 0.25) is 0 Å². The molecule has 1 aliphatic heterocycles.